The summed E-state index contributed by atoms with van der Waals surface area (Å²) in [6.07, 6.45) is -3.87. The monoisotopic (exact) mass is 1460 g/mol. The van der Waals surface area contributed by atoms with Crippen LogP contribution in [0.15, 0.2) is 24.3 Å². The molecule has 20 N–H and O–H groups in total. The minimum atomic E-state index is -1.91. The molecule has 16 atom stereocenters. The number of carboxylic acids is 2. The zero-order chi connectivity index (χ0) is 73.1. The average Bonchev–Trinajstić information content (AvgIpc) is 0.958. The first-order chi connectivity index (χ1) is 46.2. The van der Waals surface area contributed by atoms with Gasteiger partial charge in [0.2, 0.25) is 82.7 Å². The van der Waals surface area contributed by atoms with Gasteiger partial charge in [0.1, 0.15) is 78.3 Å². The van der Waals surface area contributed by atoms with Crippen LogP contribution >= 0.6 is 43.2 Å². The van der Waals surface area contributed by atoms with Crippen molar-refractivity contribution in [3.8, 4) is 5.75 Å². The van der Waals surface area contributed by atoms with E-state index >= 15 is 0 Å². The lowest BCUT2D eigenvalue weighted by atomic mass is 9.97. The number of carboxylic acid groups (broad SMARTS) is 2. The third-order valence-corrected chi connectivity index (χ3v) is 20.2. The van der Waals surface area contributed by atoms with Gasteiger partial charge < -0.3 is 105 Å². The van der Waals surface area contributed by atoms with E-state index in [1.54, 1.807) is 6.92 Å². The fourth-order valence-corrected chi connectivity index (χ4v) is 14.0. The van der Waals surface area contributed by atoms with Crippen molar-refractivity contribution in [2.24, 2.45) is 5.92 Å². The minimum absolute atomic E-state index is 0.137. The fraction of sp³-hybridized carbons (Fsp3) is 0.621. The highest BCUT2D eigenvalue weighted by Gasteiger charge is 2.39. The van der Waals surface area contributed by atoms with Gasteiger partial charge >= 0.3 is 11.9 Å². The first-order valence-electron chi connectivity index (χ1n) is 31.2. The molecular weight excluding hydrogens is 1370 g/mol. The van der Waals surface area contributed by atoms with Gasteiger partial charge in [0.05, 0.1) is 31.3 Å². The summed E-state index contributed by atoms with van der Waals surface area (Å²) in [4.78, 5) is 220. The maximum Gasteiger partial charge on any atom is 0.327 e. The number of carbonyl (C=O) groups is 16. The lowest BCUT2D eigenvalue weighted by Gasteiger charge is -2.29. The first kappa shape index (κ1) is 82.2. The number of aliphatic hydroxyl groups is 2. The molecule has 0 radical (unpaired) electrons. The second kappa shape index (κ2) is 40.6. The summed E-state index contributed by atoms with van der Waals surface area (Å²) in [5, 5.41) is 88.1. The van der Waals surface area contributed by atoms with Gasteiger partial charge in [-0.2, -0.15) is 0 Å². The van der Waals surface area contributed by atoms with Crippen molar-refractivity contribution in [2.75, 3.05) is 42.6 Å². The molecule has 4 saturated heterocycles. The Hall–Kier alpha value is -8.18. The van der Waals surface area contributed by atoms with Crippen molar-refractivity contribution >= 4 is 138 Å². The first-order valence-corrected chi connectivity index (χ1v) is 36.2. The molecule has 98 heavy (non-hydrogen) atoms. The summed E-state index contributed by atoms with van der Waals surface area (Å²) in [5.74, 6) is -20.8. The predicted molar refractivity (Wildman–Crippen MR) is 356 cm³/mol. The molecule has 36 nitrogen and oxygen atoms in total. The van der Waals surface area contributed by atoms with Crippen molar-refractivity contribution in [1.29, 1.82) is 0 Å². The molecule has 2 unspecified atom stereocenters. The van der Waals surface area contributed by atoms with Gasteiger partial charge in [-0.15, -0.1) is 0 Å². The van der Waals surface area contributed by atoms with E-state index in [1.807, 2.05) is 0 Å². The standard InChI is InChI=1S/C58H87N15O21S4/c1-8-25(2)43-56(91)69-36-21-97-98-24-39(58(93)94)65-40(77)19-61-55(90)44(29(6)74)73-54(89)38(68-48(83)27(4)62-46(81)26(3)63-51(86)35(18-31-11-13-32(76)14-12-31)67-47(82)28(5)64-52(36)87)23-96-95-22-37(53(88)66-34(50(85)72-43)15-16-42(79)80)70-57(92)45(30(7)75)71-41(78)20-60-49(84)33-10-9-17-59-33/h11-14,25-30,33-39,43-45,59,74-76H,8-10,15-24H2,1-7H3,(H,60,84)(H,61,90)(H,62,81)(H,63,86)(H,64,87)(H,65,77)(H,66,88)(H,67,82)(H,68,83)(H,69,91)(H,70,92)(H,71,78)(H,72,85)(H,73,89)(H,79,80)(H,93,94)/t25-,26-,27-,28-,29+,30+,33-,34-,35-,36-,37-,38-,39?,43-,44?,45-/m0/s1. The number of phenols is 1. The van der Waals surface area contributed by atoms with Crippen LogP contribution in [-0.4, -0.2) is 254 Å². The SMILES string of the molecule is CC[C@H](C)[C@@H]1NC(=O)[C@H](CCC(=O)O)NC(=O)[C@@H](NC(=O)[C@@H](NC(=O)CNC(=O)[C@@H]2CCCN2)[C@@H](C)O)CSSC[C@@H]2NC(=O)[C@H](C)NC(=O)[C@H](C)NC(=O)[C@H](Cc3ccc(O)cc3)NC(=O)[C@H](C)NC(=O)[C@H](CSSCC(C(=O)O)NC(=O)CNC(=O)C([C@@H](C)O)NC2=O)NC1=O. The predicted octanol–water partition coefficient (Wildman–Crippen LogP) is -6.66. The van der Waals surface area contributed by atoms with Crippen LogP contribution in [-0.2, 0) is 83.1 Å². The second-order valence-corrected chi connectivity index (χ2v) is 28.5. The Labute approximate surface area is 578 Å². The van der Waals surface area contributed by atoms with Crippen LogP contribution < -0.4 is 79.8 Å². The molecule has 4 heterocycles. The van der Waals surface area contributed by atoms with E-state index in [0.717, 1.165) is 35.4 Å². The lowest BCUT2D eigenvalue weighted by molar-refractivity contribution is -0.141. The Morgan fingerprint density at radius 1 is 0.592 bits per heavy atom. The molecule has 4 aliphatic heterocycles. The lowest BCUT2D eigenvalue weighted by Crippen LogP contribution is -2.62. The molecule has 4 aliphatic rings. The largest absolute Gasteiger partial charge is 0.508 e. The second-order valence-electron chi connectivity index (χ2n) is 23.4. The van der Waals surface area contributed by atoms with Gasteiger partial charge in [-0.1, -0.05) is 75.6 Å². The van der Waals surface area contributed by atoms with Crippen LogP contribution in [0.4, 0.5) is 0 Å². The quantitative estimate of drug-likeness (QED) is 0.0540. The van der Waals surface area contributed by atoms with Gasteiger partial charge in [0, 0.05) is 35.9 Å². The molecule has 2 bridgehead atoms. The fourth-order valence-electron chi connectivity index (χ4n) is 9.32. The number of phenolic OH excluding ortho intramolecular Hbond substituents is 1. The Morgan fingerprint density at radius 3 is 1.69 bits per heavy atom. The van der Waals surface area contributed by atoms with Gasteiger partial charge in [0.25, 0.3) is 0 Å². The van der Waals surface area contributed by atoms with Crippen LogP contribution in [0.3, 0.4) is 0 Å². The highest BCUT2D eigenvalue weighted by molar-refractivity contribution is 8.77. The van der Waals surface area contributed by atoms with E-state index in [9.17, 15) is 102 Å². The number of rotatable bonds is 16. The van der Waals surface area contributed by atoms with Crippen molar-refractivity contribution < 1.29 is 102 Å². The molecule has 0 spiro atoms. The Balaban J connectivity index is 1.92. The van der Waals surface area contributed by atoms with E-state index < -0.39 is 240 Å². The molecule has 544 valence electrons. The Morgan fingerprint density at radius 2 is 1.12 bits per heavy atom. The topological polar surface area (TPSA) is 555 Å². The third kappa shape index (κ3) is 27.3. The number of amides is 14. The highest BCUT2D eigenvalue weighted by Crippen LogP contribution is 2.26. The molecule has 40 heteroatoms. The molecular formula is C58H87N15O21S4. The maximum atomic E-state index is 14.7. The number of benzene rings is 1. The zero-order valence-electron chi connectivity index (χ0n) is 54.6. The van der Waals surface area contributed by atoms with Gasteiger partial charge in [0.15, 0.2) is 0 Å². The van der Waals surface area contributed by atoms with Crippen molar-refractivity contribution in [3.05, 3.63) is 29.8 Å². The van der Waals surface area contributed by atoms with Crippen molar-refractivity contribution in [1.82, 2.24) is 79.8 Å². The molecule has 5 rings (SSSR count). The number of nitrogens with one attached hydrogen (secondary N) is 15. The number of aromatic hydroxyl groups is 1. The van der Waals surface area contributed by atoms with Crippen LogP contribution in [0, 0.1) is 5.92 Å². The average molecular weight is 1460 g/mol. The maximum absolute atomic E-state index is 14.7. The normalized spacial score (nSPS) is 27.6. The van der Waals surface area contributed by atoms with Gasteiger partial charge in [-0.05, 0) is 84.0 Å². The third-order valence-electron chi connectivity index (χ3n) is 15.3. The number of aliphatic hydroxyl groups excluding tert-OH is 2. The molecule has 4 fully saturated rings. The summed E-state index contributed by atoms with van der Waals surface area (Å²) in [6.45, 7) is 7.91. The summed E-state index contributed by atoms with van der Waals surface area (Å²) in [5.41, 5.74) is 0.383. The van der Waals surface area contributed by atoms with E-state index in [2.05, 4.69) is 79.8 Å². The summed E-state index contributed by atoms with van der Waals surface area (Å²) in [6, 6.07) is -15.5. The molecule has 1 aromatic carbocycles. The van der Waals surface area contributed by atoms with E-state index in [0.29, 0.717) is 46.5 Å². The smallest absolute Gasteiger partial charge is 0.327 e. The molecule has 0 saturated carbocycles. The summed E-state index contributed by atoms with van der Waals surface area (Å²) < 4.78 is 0. The minimum Gasteiger partial charge on any atom is -0.508 e. The molecule has 14 amide bonds. The molecule has 0 aliphatic carbocycles. The van der Waals surface area contributed by atoms with Crippen LogP contribution in [0.2, 0.25) is 0 Å². The van der Waals surface area contributed by atoms with E-state index in [1.165, 1.54) is 52.0 Å². The number of hydrogen-bond acceptors (Lipinski definition) is 24. The van der Waals surface area contributed by atoms with Crippen LogP contribution in [0.5, 0.6) is 5.75 Å². The van der Waals surface area contributed by atoms with E-state index in [4.69, 9.17) is 0 Å². The highest BCUT2D eigenvalue weighted by atomic mass is 33.1. The number of aliphatic carboxylic acids is 2. The summed E-state index contributed by atoms with van der Waals surface area (Å²) >= 11 is 0. The Bertz CT molecular complexity index is 3060. The zero-order valence-corrected chi connectivity index (χ0v) is 57.9. The van der Waals surface area contributed by atoms with Gasteiger partial charge in [-0.3, -0.25) is 71.9 Å². The number of fused-ring (bicyclic) bond motifs is 37. The number of carbonyl (C=O) groups excluding carboxylic acids is 14. The van der Waals surface area contributed by atoms with Crippen LogP contribution in [0.25, 0.3) is 0 Å². The molecule has 0 aromatic heterocycles. The van der Waals surface area contributed by atoms with E-state index in [-0.39, 0.29) is 18.6 Å². The van der Waals surface area contributed by atoms with Crippen LogP contribution in [0.1, 0.15) is 86.1 Å². The van der Waals surface area contributed by atoms with Gasteiger partial charge in [-0.25, -0.2) is 4.79 Å². The van der Waals surface area contributed by atoms with Crippen molar-refractivity contribution in [3.63, 3.8) is 0 Å². The van der Waals surface area contributed by atoms with Crippen molar-refractivity contribution in [2.45, 2.75) is 178 Å². The Kier molecular flexibility index (Phi) is 34.1. The number of hydrogen-bond donors (Lipinski definition) is 20. The molecule has 1 aromatic rings. The summed E-state index contributed by atoms with van der Waals surface area (Å²) in [7, 11) is 2.96.